The molecular weight excluding hydrogens is 232 g/mol. The number of nitrogens with zero attached hydrogens (tertiary/aromatic N) is 1. The van der Waals surface area contributed by atoms with E-state index in [0.717, 1.165) is 11.3 Å². The predicted octanol–water partition coefficient (Wildman–Crippen LogP) is 3.08. The van der Waals surface area contributed by atoms with Crippen molar-refractivity contribution >= 4 is 11.8 Å². The minimum Gasteiger partial charge on any atom is -0.440 e. The largest absolute Gasteiger partial charge is 0.440 e. The molecule has 0 saturated carbocycles. The standard InChI is InChI=1S/C13H16N2OS/c1-9-3-4-11(7-10(9)2)12(14)8-17-13-15-5-6-16-13/h3-7,12H,8,14H2,1-2H3. The third-order valence-electron chi connectivity index (χ3n) is 2.76. The summed E-state index contributed by atoms with van der Waals surface area (Å²) in [6.45, 7) is 4.21. The van der Waals surface area contributed by atoms with Crippen molar-refractivity contribution in [3.63, 3.8) is 0 Å². The first-order chi connectivity index (χ1) is 8.16. The predicted molar refractivity (Wildman–Crippen MR) is 70.1 cm³/mol. The summed E-state index contributed by atoms with van der Waals surface area (Å²) < 4.78 is 5.16. The van der Waals surface area contributed by atoms with Gasteiger partial charge in [-0.05, 0) is 30.5 Å². The monoisotopic (exact) mass is 248 g/mol. The Morgan fingerprint density at radius 2 is 2.18 bits per heavy atom. The Labute approximate surface area is 105 Å². The fourth-order valence-electron chi connectivity index (χ4n) is 1.53. The summed E-state index contributed by atoms with van der Waals surface area (Å²) in [7, 11) is 0. The Morgan fingerprint density at radius 3 is 2.82 bits per heavy atom. The highest BCUT2D eigenvalue weighted by Crippen LogP contribution is 2.23. The van der Waals surface area contributed by atoms with Gasteiger partial charge in [0.15, 0.2) is 0 Å². The number of aryl methyl sites for hydroxylation is 2. The Morgan fingerprint density at radius 1 is 1.35 bits per heavy atom. The highest BCUT2D eigenvalue weighted by Gasteiger charge is 2.09. The first kappa shape index (κ1) is 12.2. The van der Waals surface area contributed by atoms with Gasteiger partial charge in [0.1, 0.15) is 6.26 Å². The molecule has 0 saturated heterocycles. The van der Waals surface area contributed by atoms with Crippen LogP contribution in [-0.2, 0) is 0 Å². The molecule has 0 spiro atoms. The summed E-state index contributed by atoms with van der Waals surface area (Å²) in [6.07, 6.45) is 3.22. The van der Waals surface area contributed by atoms with E-state index in [0.29, 0.717) is 5.22 Å². The molecule has 0 radical (unpaired) electrons. The first-order valence-electron chi connectivity index (χ1n) is 5.52. The average Bonchev–Trinajstić information content (AvgIpc) is 2.82. The lowest BCUT2D eigenvalue weighted by atomic mass is 10.0. The van der Waals surface area contributed by atoms with Crippen molar-refractivity contribution in [1.82, 2.24) is 4.98 Å². The molecule has 1 aromatic heterocycles. The van der Waals surface area contributed by atoms with E-state index < -0.39 is 0 Å². The maximum Gasteiger partial charge on any atom is 0.255 e. The number of rotatable bonds is 4. The van der Waals surface area contributed by atoms with E-state index in [1.54, 1.807) is 12.5 Å². The molecule has 1 heterocycles. The molecule has 0 fully saturated rings. The minimum absolute atomic E-state index is 0.00574. The third kappa shape index (κ3) is 3.11. The number of hydrogen-bond acceptors (Lipinski definition) is 4. The Hall–Kier alpha value is -1.26. The molecule has 2 rings (SSSR count). The molecule has 1 aromatic carbocycles. The molecule has 2 aromatic rings. The summed E-state index contributed by atoms with van der Waals surface area (Å²) in [4.78, 5) is 4.05. The van der Waals surface area contributed by atoms with E-state index in [9.17, 15) is 0 Å². The van der Waals surface area contributed by atoms with Crippen LogP contribution in [0.5, 0.6) is 0 Å². The van der Waals surface area contributed by atoms with Gasteiger partial charge in [-0.2, -0.15) is 0 Å². The molecule has 90 valence electrons. The molecule has 4 heteroatoms. The number of nitrogens with two attached hydrogens (primary N) is 1. The summed E-state index contributed by atoms with van der Waals surface area (Å²) in [5, 5.41) is 0.671. The van der Waals surface area contributed by atoms with Crippen molar-refractivity contribution in [1.29, 1.82) is 0 Å². The van der Waals surface area contributed by atoms with Gasteiger partial charge in [-0.3, -0.25) is 0 Å². The molecule has 1 atom stereocenters. The normalized spacial score (nSPS) is 12.6. The summed E-state index contributed by atoms with van der Waals surface area (Å²) >= 11 is 1.54. The van der Waals surface area contributed by atoms with Gasteiger partial charge in [0.25, 0.3) is 5.22 Å². The molecule has 0 bridgehead atoms. The van der Waals surface area contributed by atoms with Crippen LogP contribution in [0, 0.1) is 13.8 Å². The zero-order valence-corrected chi connectivity index (χ0v) is 10.8. The molecule has 0 aliphatic carbocycles. The zero-order chi connectivity index (χ0) is 12.3. The van der Waals surface area contributed by atoms with Crippen LogP contribution in [-0.4, -0.2) is 10.7 Å². The minimum atomic E-state index is 0.00574. The second-order valence-corrected chi connectivity index (χ2v) is 5.03. The van der Waals surface area contributed by atoms with E-state index in [1.165, 1.54) is 22.9 Å². The van der Waals surface area contributed by atoms with Crippen LogP contribution in [0.3, 0.4) is 0 Å². The van der Waals surface area contributed by atoms with E-state index in [-0.39, 0.29) is 6.04 Å². The average molecular weight is 248 g/mol. The van der Waals surface area contributed by atoms with Crippen molar-refractivity contribution in [2.45, 2.75) is 25.1 Å². The SMILES string of the molecule is Cc1ccc(C(N)CSc2ncco2)cc1C. The second kappa shape index (κ2) is 5.38. The van der Waals surface area contributed by atoms with Crippen LogP contribution in [0.2, 0.25) is 0 Å². The molecule has 17 heavy (non-hydrogen) atoms. The number of thioether (sulfide) groups is 1. The van der Waals surface area contributed by atoms with Crippen LogP contribution in [0.1, 0.15) is 22.7 Å². The molecule has 2 N–H and O–H groups in total. The molecular formula is C13H16N2OS. The van der Waals surface area contributed by atoms with E-state index in [2.05, 4.69) is 37.0 Å². The smallest absolute Gasteiger partial charge is 0.255 e. The third-order valence-corrected chi connectivity index (χ3v) is 3.73. The first-order valence-corrected chi connectivity index (χ1v) is 6.50. The Balaban J connectivity index is 1.99. The van der Waals surface area contributed by atoms with Crippen LogP contribution < -0.4 is 5.73 Å². The molecule has 1 unspecified atom stereocenters. The lowest BCUT2D eigenvalue weighted by Gasteiger charge is -2.12. The highest BCUT2D eigenvalue weighted by atomic mass is 32.2. The molecule has 3 nitrogen and oxygen atoms in total. The second-order valence-electron chi connectivity index (χ2n) is 4.06. The molecule has 0 aliphatic rings. The van der Waals surface area contributed by atoms with Crippen molar-refractivity contribution in [3.8, 4) is 0 Å². The van der Waals surface area contributed by atoms with Gasteiger partial charge in [0.2, 0.25) is 0 Å². The van der Waals surface area contributed by atoms with Crippen molar-refractivity contribution in [2.75, 3.05) is 5.75 Å². The van der Waals surface area contributed by atoms with Crippen molar-refractivity contribution in [2.24, 2.45) is 5.73 Å². The van der Waals surface area contributed by atoms with Gasteiger partial charge >= 0.3 is 0 Å². The van der Waals surface area contributed by atoms with Crippen LogP contribution in [0.25, 0.3) is 0 Å². The van der Waals surface area contributed by atoms with Crippen LogP contribution in [0.15, 0.2) is 40.3 Å². The van der Waals surface area contributed by atoms with E-state index in [4.69, 9.17) is 10.2 Å². The number of benzene rings is 1. The van der Waals surface area contributed by atoms with Gasteiger partial charge in [-0.1, -0.05) is 30.0 Å². The Kier molecular flexibility index (Phi) is 3.86. The number of aromatic nitrogens is 1. The topological polar surface area (TPSA) is 52.0 Å². The van der Waals surface area contributed by atoms with Crippen molar-refractivity contribution < 1.29 is 4.42 Å². The number of hydrogen-bond donors (Lipinski definition) is 1. The highest BCUT2D eigenvalue weighted by molar-refractivity contribution is 7.99. The maximum atomic E-state index is 6.14. The van der Waals surface area contributed by atoms with Crippen LogP contribution >= 0.6 is 11.8 Å². The fraction of sp³-hybridized carbons (Fsp3) is 0.308. The van der Waals surface area contributed by atoms with Gasteiger partial charge in [-0.25, -0.2) is 4.98 Å². The summed E-state index contributed by atoms with van der Waals surface area (Å²) in [5.41, 5.74) is 9.87. The number of oxazole rings is 1. The molecule has 0 aliphatic heterocycles. The Bertz CT molecular complexity index is 482. The fourth-order valence-corrected chi connectivity index (χ4v) is 2.31. The quantitative estimate of drug-likeness (QED) is 0.845. The van der Waals surface area contributed by atoms with E-state index in [1.807, 2.05) is 0 Å². The summed E-state index contributed by atoms with van der Waals surface area (Å²) in [6, 6.07) is 6.35. The maximum absolute atomic E-state index is 6.14. The van der Waals surface area contributed by atoms with Gasteiger partial charge < -0.3 is 10.2 Å². The molecule has 0 amide bonds. The van der Waals surface area contributed by atoms with E-state index >= 15 is 0 Å². The lowest BCUT2D eigenvalue weighted by molar-refractivity contribution is 0.454. The van der Waals surface area contributed by atoms with Gasteiger partial charge in [0, 0.05) is 11.8 Å². The van der Waals surface area contributed by atoms with Crippen molar-refractivity contribution in [3.05, 3.63) is 47.3 Å². The van der Waals surface area contributed by atoms with Gasteiger partial charge in [0.05, 0.1) is 6.20 Å². The summed E-state index contributed by atoms with van der Waals surface area (Å²) in [5.74, 6) is 0.767. The lowest BCUT2D eigenvalue weighted by Crippen LogP contribution is -2.13. The van der Waals surface area contributed by atoms with Gasteiger partial charge in [-0.15, -0.1) is 0 Å². The van der Waals surface area contributed by atoms with Crippen LogP contribution in [0.4, 0.5) is 0 Å². The zero-order valence-electron chi connectivity index (χ0n) is 10.0.